The number of alkyl halides is 1. The largest absolute Gasteiger partial charge is 0.327 e. The van der Waals surface area contributed by atoms with E-state index >= 15 is 0 Å². The zero-order chi connectivity index (χ0) is 5.86. The smallest absolute Gasteiger partial charge is 0.170 e. The third-order valence-corrected chi connectivity index (χ3v) is 0.648. The lowest BCUT2D eigenvalue weighted by Crippen LogP contribution is -2.22. The average molecular weight is 105 g/mol. The quantitative estimate of drug-likeness (QED) is 0.531. The zero-order valence-corrected chi connectivity index (χ0v) is 4.15. The summed E-state index contributed by atoms with van der Waals surface area (Å²) in [5.74, 6) is -0.498. The Kier molecular flexibility index (Phi) is 2.52. The molecule has 2 N–H and O–H groups in total. The molecule has 0 aliphatic carbocycles. The van der Waals surface area contributed by atoms with Crippen LogP contribution in [-0.4, -0.2) is 18.5 Å². The van der Waals surface area contributed by atoms with E-state index in [-0.39, 0.29) is 6.54 Å². The maximum Gasteiger partial charge on any atom is 0.170 e. The first kappa shape index (κ1) is 6.56. The number of rotatable bonds is 2. The Balaban J connectivity index is 3.34. The number of Topliss-reactive ketones (excluding diaryl/α,β-unsaturated/α-hetero) is 1. The van der Waals surface area contributed by atoms with Crippen molar-refractivity contribution in [2.45, 2.75) is 13.1 Å². The Morgan fingerprint density at radius 1 is 2.00 bits per heavy atom. The predicted octanol–water partition coefficient (Wildman–Crippen LogP) is -0.128. The third kappa shape index (κ3) is 2.28. The van der Waals surface area contributed by atoms with Crippen LogP contribution in [0.2, 0.25) is 0 Å². The van der Waals surface area contributed by atoms with Gasteiger partial charge >= 0.3 is 0 Å². The van der Waals surface area contributed by atoms with Crippen molar-refractivity contribution >= 4 is 5.78 Å². The summed E-state index contributed by atoms with van der Waals surface area (Å²) < 4.78 is 11.8. The van der Waals surface area contributed by atoms with Crippen molar-refractivity contribution in [1.82, 2.24) is 0 Å². The Labute approximate surface area is 41.5 Å². The molecule has 0 aromatic carbocycles. The van der Waals surface area contributed by atoms with E-state index in [1.165, 1.54) is 6.92 Å². The van der Waals surface area contributed by atoms with Gasteiger partial charge in [-0.3, -0.25) is 4.79 Å². The molecule has 0 heterocycles. The molecule has 1 atom stereocenters. The van der Waals surface area contributed by atoms with Gasteiger partial charge in [-0.15, -0.1) is 0 Å². The van der Waals surface area contributed by atoms with Crippen molar-refractivity contribution in [3.8, 4) is 0 Å². The van der Waals surface area contributed by atoms with E-state index in [0.717, 1.165) is 0 Å². The molecule has 2 nitrogen and oxygen atoms in total. The van der Waals surface area contributed by atoms with Gasteiger partial charge in [0.15, 0.2) is 12.0 Å². The van der Waals surface area contributed by atoms with Crippen LogP contribution in [0.5, 0.6) is 0 Å². The minimum absolute atomic E-state index is 0.199. The standard InChI is InChI=1S/C4H8FNO/c1-3(7)4(5)2-6/h4H,2,6H2,1H3. The summed E-state index contributed by atoms with van der Waals surface area (Å²) in [5.41, 5.74) is 4.78. The van der Waals surface area contributed by atoms with Gasteiger partial charge in [-0.05, 0) is 6.92 Å². The second-order valence-electron chi connectivity index (χ2n) is 1.31. The normalized spacial score (nSPS) is 13.6. The van der Waals surface area contributed by atoms with E-state index in [4.69, 9.17) is 5.73 Å². The second-order valence-corrected chi connectivity index (χ2v) is 1.31. The van der Waals surface area contributed by atoms with Crippen LogP contribution in [0.25, 0.3) is 0 Å². The summed E-state index contributed by atoms with van der Waals surface area (Å²) in [5, 5.41) is 0. The maximum atomic E-state index is 11.8. The summed E-state index contributed by atoms with van der Waals surface area (Å²) in [7, 11) is 0. The minimum atomic E-state index is -1.46. The Bertz CT molecular complexity index is 74.1. The lowest BCUT2D eigenvalue weighted by atomic mass is 10.3. The molecule has 0 aliphatic heterocycles. The van der Waals surface area contributed by atoms with Crippen LogP contribution in [0.4, 0.5) is 4.39 Å². The Hall–Kier alpha value is -0.440. The number of carbonyl (C=O) groups excluding carboxylic acids is 1. The number of ketones is 1. The van der Waals surface area contributed by atoms with Gasteiger partial charge in [-0.2, -0.15) is 0 Å². The molecule has 0 radical (unpaired) electrons. The van der Waals surface area contributed by atoms with Crippen LogP contribution in [-0.2, 0) is 4.79 Å². The fourth-order valence-corrected chi connectivity index (χ4v) is 0.166. The van der Waals surface area contributed by atoms with Gasteiger partial charge in [0.05, 0.1) is 0 Å². The van der Waals surface area contributed by atoms with Crippen LogP contribution < -0.4 is 5.73 Å². The highest BCUT2D eigenvalue weighted by atomic mass is 19.1. The van der Waals surface area contributed by atoms with Gasteiger partial charge in [0, 0.05) is 6.54 Å². The third-order valence-electron chi connectivity index (χ3n) is 0.648. The molecule has 42 valence electrons. The molecular formula is C4H8FNO. The Morgan fingerprint density at radius 3 is 2.43 bits per heavy atom. The highest BCUT2D eigenvalue weighted by Gasteiger charge is 2.06. The van der Waals surface area contributed by atoms with Crippen molar-refractivity contribution in [1.29, 1.82) is 0 Å². The first-order chi connectivity index (χ1) is 3.18. The van der Waals surface area contributed by atoms with Gasteiger partial charge in [-0.25, -0.2) is 4.39 Å². The summed E-state index contributed by atoms with van der Waals surface area (Å²) in [6, 6.07) is 0. The van der Waals surface area contributed by atoms with E-state index in [9.17, 15) is 9.18 Å². The summed E-state index contributed by atoms with van der Waals surface area (Å²) in [4.78, 5) is 9.92. The van der Waals surface area contributed by atoms with Crippen LogP contribution in [0, 0.1) is 0 Å². The molecule has 0 aromatic rings. The summed E-state index contributed by atoms with van der Waals surface area (Å²) in [6.45, 7) is 0.979. The van der Waals surface area contributed by atoms with E-state index in [1.807, 2.05) is 0 Å². The van der Waals surface area contributed by atoms with Crippen molar-refractivity contribution in [2.24, 2.45) is 5.73 Å². The molecule has 0 fully saturated rings. The number of hydrogen-bond donors (Lipinski definition) is 1. The van der Waals surface area contributed by atoms with E-state index in [1.54, 1.807) is 0 Å². The highest BCUT2D eigenvalue weighted by molar-refractivity contribution is 5.80. The topological polar surface area (TPSA) is 43.1 Å². The van der Waals surface area contributed by atoms with Crippen molar-refractivity contribution in [3.63, 3.8) is 0 Å². The first-order valence-corrected chi connectivity index (χ1v) is 2.03. The molecule has 0 aromatic heterocycles. The minimum Gasteiger partial charge on any atom is -0.327 e. The van der Waals surface area contributed by atoms with Crippen LogP contribution >= 0.6 is 0 Å². The Morgan fingerprint density at radius 2 is 2.43 bits per heavy atom. The van der Waals surface area contributed by atoms with Crippen LogP contribution in [0.1, 0.15) is 6.92 Å². The van der Waals surface area contributed by atoms with Crippen molar-refractivity contribution in [2.75, 3.05) is 6.54 Å². The molecule has 0 rings (SSSR count). The monoisotopic (exact) mass is 105 g/mol. The lowest BCUT2D eigenvalue weighted by molar-refractivity contribution is -0.121. The van der Waals surface area contributed by atoms with Gasteiger partial charge in [0.25, 0.3) is 0 Å². The molecule has 0 amide bonds. The van der Waals surface area contributed by atoms with Gasteiger partial charge in [0.1, 0.15) is 0 Å². The molecule has 7 heavy (non-hydrogen) atoms. The maximum absolute atomic E-state index is 11.8. The molecule has 0 aliphatic rings. The SMILES string of the molecule is CC(=O)C(F)CN. The number of hydrogen-bond acceptors (Lipinski definition) is 2. The molecule has 0 spiro atoms. The van der Waals surface area contributed by atoms with Gasteiger partial charge in [-0.1, -0.05) is 0 Å². The fraction of sp³-hybridized carbons (Fsp3) is 0.750. The van der Waals surface area contributed by atoms with Gasteiger partial charge < -0.3 is 5.73 Å². The molecular weight excluding hydrogens is 97.0 g/mol. The summed E-state index contributed by atoms with van der Waals surface area (Å²) in [6.07, 6.45) is -1.46. The zero-order valence-electron chi connectivity index (χ0n) is 4.15. The molecule has 0 saturated carbocycles. The highest BCUT2D eigenvalue weighted by Crippen LogP contribution is 1.85. The lowest BCUT2D eigenvalue weighted by Gasteiger charge is -1.94. The second kappa shape index (κ2) is 2.69. The van der Waals surface area contributed by atoms with Gasteiger partial charge in [0.2, 0.25) is 0 Å². The molecule has 1 unspecified atom stereocenters. The number of carbonyl (C=O) groups is 1. The molecule has 0 bridgehead atoms. The molecule has 0 saturated heterocycles. The number of halogens is 1. The first-order valence-electron chi connectivity index (χ1n) is 2.03. The van der Waals surface area contributed by atoms with Crippen molar-refractivity contribution < 1.29 is 9.18 Å². The number of nitrogens with two attached hydrogens (primary N) is 1. The average Bonchev–Trinajstić information content (AvgIpc) is 1.65. The predicted molar refractivity (Wildman–Crippen MR) is 24.6 cm³/mol. The van der Waals surface area contributed by atoms with Crippen molar-refractivity contribution in [3.05, 3.63) is 0 Å². The van der Waals surface area contributed by atoms with E-state index in [0.29, 0.717) is 0 Å². The summed E-state index contributed by atoms with van der Waals surface area (Å²) >= 11 is 0. The van der Waals surface area contributed by atoms with E-state index in [2.05, 4.69) is 0 Å². The van der Waals surface area contributed by atoms with E-state index < -0.39 is 12.0 Å². The van der Waals surface area contributed by atoms with Crippen LogP contribution in [0.15, 0.2) is 0 Å². The fourth-order valence-electron chi connectivity index (χ4n) is 0.166. The molecule has 3 heteroatoms. The van der Waals surface area contributed by atoms with Crippen LogP contribution in [0.3, 0.4) is 0 Å².